The molecule has 0 aliphatic carbocycles. The molecule has 2 amide bonds. The van der Waals surface area contributed by atoms with Gasteiger partial charge in [0, 0.05) is 42.4 Å². The molecule has 1 aromatic heterocycles. The highest BCUT2D eigenvalue weighted by Gasteiger charge is 2.16. The van der Waals surface area contributed by atoms with Crippen LogP contribution in [-0.4, -0.2) is 69.7 Å². The summed E-state index contributed by atoms with van der Waals surface area (Å²) in [5.41, 5.74) is 6.86. The molecular formula is C34H38FN5O6. The van der Waals surface area contributed by atoms with Crippen LogP contribution in [0.25, 0.3) is 10.9 Å². The Kier molecular flexibility index (Phi) is 10.7. The highest BCUT2D eigenvalue weighted by atomic mass is 19.1. The zero-order valence-electron chi connectivity index (χ0n) is 26.2. The first-order chi connectivity index (χ1) is 22.4. The number of primary amides is 1. The van der Waals surface area contributed by atoms with E-state index in [1.54, 1.807) is 55.8 Å². The fraction of sp³-hybridized carbons (Fsp3) is 0.324. The number of likely N-dealkylation sites (tertiary alicyclic amines) is 1. The lowest BCUT2D eigenvalue weighted by atomic mass is 10.1. The van der Waals surface area contributed by atoms with Crippen LogP contribution >= 0.6 is 0 Å². The number of carbonyl (C=O) groups is 1. The third-order valence-corrected chi connectivity index (χ3v) is 7.60. The Hall–Kier alpha value is -5.10. The number of halogens is 1. The average molecular weight is 632 g/mol. The van der Waals surface area contributed by atoms with Gasteiger partial charge in [-0.15, -0.1) is 0 Å². The van der Waals surface area contributed by atoms with Crippen LogP contribution in [0.4, 0.5) is 14.9 Å². The van der Waals surface area contributed by atoms with E-state index in [1.807, 2.05) is 0 Å². The van der Waals surface area contributed by atoms with Crippen molar-refractivity contribution in [3.8, 4) is 34.5 Å². The quantitative estimate of drug-likeness (QED) is 0.103. The Balaban J connectivity index is 1.30. The SMILES string of the molecule is COc1cc(OC)cc(N(/N=C/c2ccc(Oc3ccnc4cc(OCCCN5CCCCC5)c(OC)cc34)c(F)c2)C(N)=O)c1. The Labute approximate surface area is 267 Å². The number of piperidine rings is 1. The lowest BCUT2D eigenvalue weighted by molar-refractivity contribution is 0.203. The maximum absolute atomic E-state index is 15.3. The normalized spacial score (nSPS) is 13.5. The predicted octanol–water partition coefficient (Wildman–Crippen LogP) is 6.37. The van der Waals surface area contributed by atoms with Gasteiger partial charge in [0.1, 0.15) is 17.2 Å². The lowest BCUT2D eigenvalue weighted by Crippen LogP contribution is -2.31. The highest BCUT2D eigenvalue weighted by molar-refractivity contribution is 5.93. The van der Waals surface area contributed by atoms with E-state index in [-0.39, 0.29) is 5.75 Å². The third-order valence-electron chi connectivity index (χ3n) is 7.60. The molecule has 0 bridgehead atoms. The van der Waals surface area contributed by atoms with Gasteiger partial charge in [0.25, 0.3) is 0 Å². The number of hydrazone groups is 1. The van der Waals surface area contributed by atoms with Gasteiger partial charge in [-0.2, -0.15) is 10.1 Å². The summed E-state index contributed by atoms with van der Waals surface area (Å²) < 4.78 is 43.5. The van der Waals surface area contributed by atoms with Crippen molar-refractivity contribution in [1.82, 2.24) is 9.88 Å². The van der Waals surface area contributed by atoms with Crippen LogP contribution in [0.15, 0.2) is 65.9 Å². The number of nitrogens with two attached hydrogens (primary N) is 1. The van der Waals surface area contributed by atoms with Gasteiger partial charge in [-0.3, -0.25) is 4.98 Å². The molecule has 0 unspecified atom stereocenters. The van der Waals surface area contributed by atoms with Gasteiger partial charge in [-0.25, -0.2) is 9.18 Å². The molecule has 0 radical (unpaired) electrons. The second-order valence-corrected chi connectivity index (χ2v) is 10.7. The molecule has 11 nitrogen and oxygen atoms in total. The first-order valence-corrected chi connectivity index (χ1v) is 15.0. The van der Waals surface area contributed by atoms with E-state index in [0.717, 1.165) is 31.1 Å². The second-order valence-electron chi connectivity index (χ2n) is 10.7. The van der Waals surface area contributed by atoms with Crippen LogP contribution in [0.1, 0.15) is 31.2 Å². The number of nitrogens with zero attached hydrogens (tertiary/aromatic N) is 4. The van der Waals surface area contributed by atoms with Crippen molar-refractivity contribution in [3.63, 3.8) is 0 Å². The predicted molar refractivity (Wildman–Crippen MR) is 174 cm³/mol. The van der Waals surface area contributed by atoms with E-state index in [4.69, 9.17) is 29.4 Å². The van der Waals surface area contributed by atoms with Crippen molar-refractivity contribution in [2.75, 3.05) is 52.6 Å². The molecule has 0 spiro atoms. The minimum absolute atomic E-state index is 0.00838. The van der Waals surface area contributed by atoms with Gasteiger partial charge < -0.3 is 34.3 Å². The van der Waals surface area contributed by atoms with Gasteiger partial charge >= 0.3 is 6.03 Å². The van der Waals surface area contributed by atoms with E-state index >= 15 is 4.39 Å². The summed E-state index contributed by atoms with van der Waals surface area (Å²) in [6.07, 6.45) is 7.64. The van der Waals surface area contributed by atoms with Crippen molar-refractivity contribution < 1.29 is 32.9 Å². The largest absolute Gasteiger partial charge is 0.497 e. The molecule has 2 heterocycles. The fourth-order valence-electron chi connectivity index (χ4n) is 5.23. The highest BCUT2D eigenvalue weighted by Crippen LogP contribution is 2.38. The summed E-state index contributed by atoms with van der Waals surface area (Å²) in [6, 6.07) is 13.5. The number of carbonyl (C=O) groups excluding carboxylic acids is 1. The molecule has 242 valence electrons. The smallest absolute Gasteiger partial charge is 0.340 e. The number of amides is 2. The Morgan fingerprint density at radius 3 is 2.37 bits per heavy atom. The average Bonchev–Trinajstić information content (AvgIpc) is 3.07. The van der Waals surface area contributed by atoms with Crippen molar-refractivity contribution in [3.05, 3.63) is 72.2 Å². The summed E-state index contributed by atoms with van der Waals surface area (Å²) in [4.78, 5) is 19.1. The molecule has 5 rings (SSSR count). The van der Waals surface area contributed by atoms with Gasteiger partial charge in [0.15, 0.2) is 23.1 Å². The number of pyridine rings is 1. The van der Waals surface area contributed by atoms with Crippen molar-refractivity contribution >= 4 is 28.8 Å². The van der Waals surface area contributed by atoms with Gasteiger partial charge in [-0.05, 0) is 68.2 Å². The summed E-state index contributed by atoms with van der Waals surface area (Å²) in [5, 5.41) is 5.76. The Morgan fingerprint density at radius 1 is 0.935 bits per heavy atom. The van der Waals surface area contributed by atoms with Crippen molar-refractivity contribution in [2.45, 2.75) is 25.7 Å². The van der Waals surface area contributed by atoms with Crippen LogP contribution in [-0.2, 0) is 0 Å². The third kappa shape index (κ3) is 7.94. The number of anilines is 1. The first kappa shape index (κ1) is 32.3. The van der Waals surface area contributed by atoms with E-state index in [9.17, 15) is 4.79 Å². The van der Waals surface area contributed by atoms with E-state index in [0.29, 0.717) is 57.5 Å². The molecule has 12 heteroatoms. The maximum atomic E-state index is 15.3. The van der Waals surface area contributed by atoms with E-state index < -0.39 is 11.8 Å². The molecule has 0 saturated carbocycles. The molecule has 2 N–H and O–H groups in total. The topological polar surface area (TPSA) is 121 Å². The van der Waals surface area contributed by atoms with Gasteiger partial charge in [-0.1, -0.05) is 6.42 Å². The minimum Gasteiger partial charge on any atom is -0.497 e. The van der Waals surface area contributed by atoms with Crippen LogP contribution in [0.3, 0.4) is 0 Å². The van der Waals surface area contributed by atoms with Crippen LogP contribution in [0.2, 0.25) is 0 Å². The van der Waals surface area contributed by atoms with Crippen LogP contribution < -0.4 is 34.4 Å². The monoisotopic (exact) mass is 631 g/mol. The molecule has 1 aliphatic heterocycles. The first-order valence-electron chi connectivity index (χ1n) is 15.0. The number of benzene rings is 3. The van der Waals surface area contributed by atoms with Crippen molar-refractivity contribution in [1.29, 1.82) is 0 Å². The zero-order chi connectivity index (χ0) is 32.5. The minimum atomic E-state index is -0.849. The van der Waals surface area contributed by atoms with Crippen molar-refractivity contribution in [2.24, 2.45) is 10.8 Å². The number of hydrogen-bond acceptors (Lipinski definition) is 9. The standard InChI is InChI=1S/C34H38FN5O6/c1-42-25-17-24(18-26(19-25)43-2)40(34(36)41)38-22-23-8-9-31(28(35)16-23)46-30-10-11-37-29-21-33(32(44-3)20-27(29)30)45-15-7-14-39-12-5-4-6-13-39/h8-11,16-22H,4-7,12-15H2,1-3H3,(H2,36,41)/b38-22+. The molecule has 1 saturated heterocycles. The van der Waals surface area contributed by atoms with E-state index in [1.165, 1.54) is 51.8 Å². The molecule has 1 fully saturated rings. The molecule has 1 aliphatic rings. The molecule has 3 aromatic carbocycles. The summed E-state index contributed by atoms with van der Waals surface area (Å²) >= 11 is 0. The van der Waals surface area contributed by atoms with E-state index in [2.05, 4.69) is 15.0 Å². The number of hydrogen-bond donors (Lipinski definition) is 1. The Morgan fingerprint density at radius 2 is 1.70 bits per heavy atom. The lowest BCUT2D eigenvalue weighted by Gasteiger charge is -2.26. The molecule has 0 atom stereocenters. The van der Waals surface area contributed by atoms with Crippen LogP contribution in [0.5, 0.6) is 34.5 Å². The number of methoxy groups -OCH3 is 3. The fourth-order valence-corrected chi connectivity index (χ4v) is 5.23. The zero-order valence-corrected chi connectivity index (χ0v) is 26.2. The maximum Gasteiger partial charge on any atom is 0.340 e. The molecule has 4 aromatic rings. The summed E-state index contributed by atoms with van der Waals surface area (Å²) in [5.74, 6) is 1.75. The summed E-state index contributed by atoms with van der Waals surface area (Å²) in [7, 11) is 4.54. The van der Waals surface area contributed by atoms with Gasteiger partial charge in [0.05, 0.1) is 45.4 Å². The number of aromatic nitrogens is 1. The summed E-state index contributed by atoms with van der Waals surface area (Å²) in [6.45, 7) is 3.86. The number of fused-ring (bicyclic) bond motifs is 1. The van der Waals surface area contributed by atoms with Crippen LogP contribution in [0, 0.1) is 5.82 Å². The molecule has 46 heavy (non-hydrogen) atoms. The number of rotatable bonds is 13. The van der Waals surface area contributed by atoms with Gasteiger partial charge in [0.2, 0.25) is 0 Å². The Bertz CT molecular complexity index is 1670. The molecular weight excluding hydrogens is 593 g/mol. The number of urea groups is 1. The number of ether oxygens (including phenoxy) is 5. The second kappa shape index (κ2) is 15.3.